The molecule has 5 nitrogen and oxygen atoms in total. The van der Waals surface area contributed by atoms with Crippen LogP contribution in [0.3, 0.4) is 0 Å². The number of hydrogen-bond donors (Lipinski definition) is 1. The van der Waals surface area contributed by atoms with Gasteiger partial charge in [0.2, 0.25) is 0 Å². The summed E-state index contributed by atoms with van der Waals surface area (Å²) in [5, 5.41) is 13.6. The molecule has 2 aromatic rings. The van der Waals surface area contributed by atoms with E-state index in [0.29, 0.717) is 18.2 Å². The molecule has 0 saturated heterocycles. The van der Waals surface area contributed by atoms with Crippen LogP contribution in [0.25, 0.3) is 0 Å². The fourth-order valence-corrected chi connectivity index (χ4v) is 2.22. The number of furan rings is 1. The molecule has 0 atom stereocenters. The van der Waals surface area contributed by atoms with E-state index < -0.39 is 5.97 Å². The SMILES string of the molecule is Cc1ccc(CN(Cc2ccccc2)C(=S)NCC(=O)[O-])o1. The average Bonchev–Trinajstić information content (AvgIpc) is 2.90. The molecule has 0 aliphatic carbocycles. The summed E-state index contributed by atoms with van der Waals surface area (Å²) in [6.07, 6.45) is 0. The Bertz CT molecular complexity index is 640. The second-order valence-electron chi connectivity index (χ2n) is 4.88. The smallest absolute Gasteiger partial charge is 0.169 e. The zero-order valence-electron chi connectivity index (χ0n) is 12.2. The lowest BCUT2D eigenvalue weighted by atomic mass is 10.2. The van der Waals surface area contributed by atoms with Crippen LogP contribution in [0.2, 0.25) is 0 Å². The van der Waals surface area contributed by atoms with E-state index in [1.807, 2.05) is 54.3 Å². The van der Waals surface area contributed by atoms with Crippen molar-refractivity contribution in [1.29, 1.82) is 0 Å². The summed E-state index contributed by atoms with van der Waals surface area (Å²) in [6, 6.07) is 13.6. The van der Waals surface area contributed by atoms with Crippen LogP contribution in [0.4, 0.5) is 0 Å². The van der Waals surface area contributed by atoms with Crippen LogP contribution < -0.4 is 10.4 Å². The fourth-order valence-electron chi connectivity index (χ4n) is 2.02. The number of hydrogen-bond acceptors (Lipinski definition) is 4. The standard InChI is InChI=1S/C16H18N2O3S/c1-12-7-8-14(21-12)11-18(16(22)17-9-15(19)20)10-13-5-3-2-4-6-13/h2-8H,9-11H2,1H3,(H,17,22)(H,19,20)/p-1. The molecule has 0 aliphatic rings. The van der Waals surface area contributed by atoms with Gasteiger partial charge in [0.15, 0.2) is 5.11 Å². The third kappa shape index (κ3) is 4.89. The predicted molar refractivity (Wildman–Crippen MR) is 84.7 cm³/mol. The van der Waals surface area contributed by atoms with E-state index >= 15 is 0 Å². The van der Waals surface area contributed by atoms with E-state index in [1.54, 1.807) is 0 Å². The van der Waals surface area contributed by atoms with Crippen LogP contribution in [-0.4, -0.2) is 22.5 Å². The van der Waals surface area contributed by atoms with Crippen LogP contribution in [0.1, 0.15) is 17.1 Å². The fraction of sp³-hybridized carbons (Fsp3) is 0.250. The van der Waals surface area contributed by atoms with Crippen molar-refractivity contribution in [3.63, 3.8) is 0 Å². The maximum Gasteiger partial charge on any atom is 0.169 e. The number of benzene rings is 1. The number of nitrogens with one attached hydrogen (secondary N) is 1. The molecular weight excluding hydrogens is 300 g/mol. The second kappa shape index (κ2) is 7.61. The molecule has 116 valence electrons. The first-order chi connectivity index (χ1) is 10.5. The minimum atomic E-state index is -1.20. The van der Waals surface area contributed by atoms with E-state index in [1.165, 1.54) is 0 Å². The maximum absolute atomic E-state index is 10.6. The Morgan fingerprint density at radius 1 is 1.23 bits per heavy atom. The Labute approximate surface area is 134 Å². The van der Waals surface area contributed by atoms with Crippen molar-refractivity contribution in [2.45, 2.75) is 20.0 Å². The minimum absolute atomic E-state index is 0.318. The molecule has 0 aliphatic heterocycles. The topological polar surface area (TPSA) is 68.5 Å². The van der Waals surface area contributed by atoms with Gasteiger partial charge in [-0.3, -0.25) is 0 Å². The van der Waals surface area contributed by atoms with Gasteiger partial charge < -0.3 is 24.5 Å². The summed E-state index contributed by atoms with van der Waals surface area (Å²) >= 11 is 5.28. The lowest BCUT2D eigenvalue weighted by molar-refractivity contribution is -0.303. The van der Waals surface area contributed by atoms with Crippen molar-refractivity contribution < 1.29 is 14.3 Å². The highest BCUT2D eigenvalue weighted by molar-refractivity contribution is 7.80. The average molecular weight is 317 g/mol. The quantitative estimate of drug-likeness (QED) is 0.808. The monoisotopic (exact) mass is 317 g/mol. The first kappa shape index (κ1) is 16.0. The van der Waals surface area contributed by atoms with Crippen molar-refractivity contribution in [1.82, 2.24) is 10.2 Å². The van der Waals surface area contributed by atoms with E-state index in [9.17, 15) is 9.90 Å². The summed E-state index contributed by atoms with van der Waals surface area (Å²) < 4.78 is 5.57. The van der Waals surface area contributed by atoms with Gasteiger partial charge in [0, 0.05) is 6.54 Å². The van der Waals surface area contributed by atoms with Crippen molar-refractivity contribution in [3.05, 3.63) is 59.5 Å². The lowest BCUT2D eigenvalue weighted by Crippen LogP contribution is -2.44. The molecule has 2 rings (SSSR count). The second-order valence-corrected chi connectivity index (χ2v) is 5.27. The van der Waals surface area contributed by atoms with Crippen LogP contribution in [0, 0.1) is 6.92 Å². The van der Waals surface area contributed by atoms with E-state index in [0.717, 1.165) is 17.1 Å². The van der Waals surface area contributed by atoms with Gasteiger partial charge in [-0.1, -0.05) is 30.3 Å². The lowest BCUT2D eigenvalue weighted by Gasteiger charge is -2.25. The highest BCUT2D eigenvalue weighted by Gasteiger charge is 2.13. The molecule has 0 spiro atoms. The van der Waals surface area contributed by atoms with Gasteiger partial charge in [-0.05, 0) is 36.8 Å². The molecule has 1 aromatic heterocycles. The summed E-state index contributed by atoms with van der Waals surface area (Å²) in [6.45, 7) is 2.57. The molecule has 0 amide bonds. The molecule has 1 aromatic carbocycles. The van der Waals surface area contributed by atoms with Crippen LogP contribution >= 0.6 is 12.2 Å². The zero-order valence-corrected chi connectivity index (χ0v) is 13.1. The van der Waals surface area contributed by atoms with E-state index in [4.69, 9.17) is 16.6 Å². The number of carbonyl (C=O) groups is 1. The van der Waals surface area contributed by atoms with Crippen molar-refractivity contribution in [2.75, 3.05) is 6.54 Å². The van der Waals surface area contributed by atoms with Gasteiger partial charge in [0.05, 0.1) is 19.1 Å². The van der Waals surface area contributed by atoms with Crippen molar-refractivity contribution in [3.8, 4) is 0 Å². The Morgan fingerprint density at radius 2 is 1.95 bits per heavy atom. The zero-order chi connectivity index (χ0) is 15.9. The Balaban J connectivity index is 2.08. The number of carbonyl (C=O) groups excluding carboxylic acids is 1. The predicted octanol–water partition coefficient (Wildman–Crippen LogP) is 1.21. The van der Waals surface area contributed by atoms with Crippen molar-refractivity contribution >= 4 is 23.3 Å². The molecule has 22 heavy (non-hydrogen) atoms. The largest absolute Gasteiger partial charge is 0.548 e. The first-order valence-corrected chi connectivity index (χ1v) is 7.27. The summed E-state index contributed by atoms with van der Waals surface area (Å²) in [5.74, 6) is 0.394. The third-order valence-corrected chi connectivity index (χ3v) is 3.43. The number of nitrogens with zero attached hydrogens (tertiary/aromatic N) is 1. The van der Waals surface area contributed by atoms with E-state index in [-0.39, 0.29) is 6.54 Å². The molecule has 6 heteroatoms. The molecule has 0 bridgehead atoms. The number of aliphatic carboxylic acids is 1. The van der Waals surface area contributed by atoms with Crippen LogP contribution in [0.5, 0.6) is 0 Å². The van der Waals surface area contributed by atoms with Gasteiger partial charge in [0.25, 0.3) is 0 Å². The minimum Gasteiger partial charge on any atom is -0.548 e. The Morgan fingerprint density at radius 3 is 2.55 bits per heavy atom. The summed E-state index contributed by atoms with van der Waals surface area (Å²) in [4.78, 5) is 12.4. The highest BCUT2D eigenvalue weighted by Crippen LogP contribution is 2.13. The summed E-state index contributed by atoms with van der Waals surface area (Å²) in [5.41, 5.74) is 1.07. The molecule has 1 heterocycles. The van der Waals surface area contributed by atoms with Gasteiger partial charge in [-0.2, -0.15) is 0 Å². The maximum atomic E-state index is 10.6. The molecular formula is C16H17N2O3S-. The van der Waals surface area contributed by atoms with Crippen LogP contribution in [0.15, 0.2) is 46.9 Å². The molecule has 0 saturated carbocycles. The molecule has 1 N–H and O–H groups in total. The van der Waals surface area contributed by atoms with Gasteiger partial charge in [-0.15, -0.1) is 0 Å². The Hall–Kier alpha value is -2.34. The van der Waals surface area contributed by atoms with Gasteiger partial charge >= 0.3 is 0 Å². The molecule has 0 fully saturated rings. The number of carboxylic acid groups (broad SMARTS) is 1. The molecule has 0 unspecified atom stereocenters. The number of rotatable bonds is 6. The number of thiocarbonyl (C=S) groups is 1. The van der Waals surface area contributed by atoms with Gasteiger partial charge in [-0.25, -0.2) is 0 Å². The number of aryl methyl sites for hydroxylation is 1. The van der Waals surface area contributed by atoms with Crippen molar-refractivity contribution in [2.24, 2.45) is 0 Å². The van der Waals surface area contributed by atoms with Gasteiger partial charge in [0.1, 0.15) is 11.5 Å². The Kier molecular flexibility index (Phi) is 5.55. The summed E-state index contributed by atoms with van der Waals surface area (Å²) in [7, 11) is 0. The first-order valence-electron chi connectivity index (χ1n) is 6.86. The number of carboxylic acids is 1. The molecule has 0 radical (unpaired) electrons. The van der Waals surface area contributed by atoms with E-state index in [2.05, 4.69) is 5.32 Å². The highest BCUT2D eigenvalue weighted by atomic mass is 32.1. The third-order valence-electron chi connectivity index (χ3n) is 3.03. The van der Waals surface area contributed by atoms with Crippen LogP contribution in [-0.2, 0) is 17.9 Å². The normalized spacial score (nSPS) is 10.2.